The molecule has 1 aliphatic rings. The topological polar surface area (TPSA) is 141 Å². The molecule has 1 aliphatic heterocycles. The van der Waals surface area contributed by atoms with Crippen molar-refractivity contribution in [1.82, 2.24) is 25.8 Å². The monoisotopic (exact) mass is 677 g/mol. The quantitative estimate of drug-likeness (QED) is 0.143. The van der Waals surface area contributed by atoms with E-state index in [-0.39, 0.29) is 41.9 Å². The Morgan fingerprint density at radius 2 is 1.73 bits per heavy atom. The molecule has 4 rings (SSSR count). The molecule has 0 spiro atoms. The van der Waals surface area contributed by atoms with Gasteiger partial charge in [0.1, 0.15) is 17.2 Å². The van der Waals surface area contributed by atoms with Gasteiger partial charge in [-0.05, 0) is 60.3 Å². The maximum Gasteiger partial charge on any atom is 0.242 e. The zero-order valence-electron chi connectivity index (χ0n) is 28.6. The van der Waals surface area contributed by atoms with Crippen LogP contribution in [0.5, 0.6) is 0 Å². The minimum absolute atomic E-state index is 0.0492. The fourth-order valence-electron chi connectivity index (χ4n) is 6.33. The summed E-state index contributed by atoms with van der Waals surface area (Å²) in [5.74, 6) is -1.28. The molecule has 260 valence electrons. The highest BCUT2D eigenvalue weighted by Gasteiger charge is 2.32. The number of aliphatic hydroxyl groups is 1. The van der Waals surface area contributed by atoms with Gasteiger partial charge in [0.25, 0.3) is 0 Å². The second-order valence-corrected chi connectivity index (χ2v) is 14.6. The van der Waals surface area contributed by atoms with Crippen molar-refractivity contribution in [3.8, 4) is 0 Å². The number of nitrogens with zero attached hydrogens (tertiary/aromatic N) is 2. The molecule has 2 heterocycles. The summed E-state index contributed by atoms with van der Waals surface area (Å²) in [4.78, 5) is 59.1. The van der Waals surface area contributed by atoms with Crippen LogP contribution >= 0.6 is 11.3 Å². The number of hydrogen-bond acceptors (Lipinski definition) is 7. The molecule has 11 heteroatoms. The highest BCUT2D eigenvalue weighted by molar-refractivity contribution is 7.09. The largest absolute Gasteiger partial charge is 0.384 e. The van der Waals surface area contributed by atoms with E-state index >= 15 is 0 Å². The molecule has 2 aromatic carbocycles. The van der Waals surface area contributed by atoms with E-state index in [1.54, 1.807) is 11.6 Å². The van der Waals surface area contributed by atoms with Crippen molar-refractivity contribution < 1.29 is 24.3 Å². The van der Waals surface area contributed by atoms with Crippen molar-refractivity contribution in [3.05, 3.63) is 64.6 Å². The lowest BCUT2D eigenvalue weighted by Gasteiger charge is -2.29. The number of aliphatic hydroxyl groups excluding tert-OH is 1. The van der Waals surface area contributed by atoms with Gasteiger partial charge in [0.15, 0.2) is 0 Å². The van der Waals surface area contributed by atoms with Crippen LogP contribution in [-0.4, -0.2) is 70.3 Å². The predicted molar refractivity (Wildman–Crippen MR) is 189 cm³/mol. The van der Waals surface area contributed by atoms with Gasteiger partial charge in [-0.25, -0.2) is 4.98 Å². The van der Waals surface area contributed by atoms with Crippen LogP contribution in [0.4, 0.5) is 0 Å². The third kappa shape index (κ3) is 10.8. The summed E-state index contributed by atoms with van der Waals surface area (Å²) in [5, 5.41) is 24.4. The van der Waals surface area contributed by atoms with Crippen LogP contribution in [0.2, 0.25) is 0 Å². The Morgan fingerprint density at radius 3 is 2.42 bits per heavy atom. The van der Waals surface area contributed by atoms with Gasteiger partial charge in [-0.2, -0.15) is 0 Å². The van der Waals surface area contributed by atoms with Crippen LogP contribution in [0.15, 0.2) is 54.0 Å². The zero-order chi connectivity index (χ0) is 34.6. The average molecular weight is 678 g/mol. The third-order valence-electron chi connectivity index (χ3n) is 8.73. The first-order chi connectivity index (χ1) is 23.0. The maximum atomic E-state index is 14.1. The molecule has 0 bridgehead atoms. The number of nitrogens with one attached hydrogen (secondary N) is 3. The minimum Gasteiger partial charge on any atom is -0.384 e. The molecule has 0 saturated carbocycles. The van der Waals surface area contributed by atoms with Gasteiger partial charge < -0.3 is 26.0 Å². The summed E-state index contributed by atoms with van der Waals surface area (Å²) in [6, 6.07) is 12.5. The van der Waals surface area contributed by atoms with Gasteiger partial charge in [-0.1, -0.05) is 70.2 Å². The molecule has 3 aromatic rings. The number of amides is 4. The van der Waals surface area contributed by atoms with E-state index in [1.165, 1.54) is 11.3 Å². The number of rotatable bonds is 18. The van der Waals surface area contributed by atoms with E-state index in [1.807, 2.05) is 75.1 Å². The number of aromatic nitrogens is 1. The summed E-state index contributed by atoms with van der Waals surface area (Å²) < 4.78 is 0. The molecule has 4 N–H and O–H groups in total. The lowest BCUT2D eigenvalue weighted by molar-refractivity contribution is -0.134. The zero-order valence-corrected chi connectivity index (χ0v) is 29.4. The highest BCUT2D eigenvalue weighted by Crippen LogP contribution is 2.25. The summed E-state index contributed by atoms with van der Waals surface area (Å²) in [7, 11) is 0. The van der Waals surface area contributed by atoms with Gasteiger partial charge in [0, 0.05) is 44.1 Å². The molecule has 1 aromatic heterocycles. The van der Waals surface area contributed by atoms with E-state index < -0.39 is 24.1 Å². The summed E-state index contributed by atoms with van der Waals surface area (Å²) in [6.45, 7) is 9.78. The van der Waals surface area contributed by atoms with E-state index in [9.17, 15) is 24.3 Å². The Kier molecular flexibility index (Phi) is 13.9. The molecular formula is C37H51N5O5S. The van der Waals surface area contributed by atoms with Gasteiger partial charge in [0.05, 0.1) is 12.0 Å². The first kappa shape index (κ1) is 37.0. The molecule has 4 atom stereocenters. The van der Waals surface area contributed by atoms with Crippen molar-refractivity contribution >= 4 is 45.7 Å². The predicted octanol–water partition coefficient (Wildman–Crippen LogP) is 4.77. The molecular weight excluding hydrogens is 627 g/mol. The second kappa shape index (κ2) is 18.1. The van der Waals surface area contributed by atoms with Gasteiger partial charge in [-0.15, -0.1) is 11.3 Å². The van der Waals surface area contributed by atoms with E-state index in [2.05, 4.69) is 20.9 Å². The van der Waals surface area contributed by atoms with Crippen molar-refractivity contribution in [1.29, 1.82) is 0 Å². The van der Waals surface area contributed by atoms with Crippen LogP contribution in [0, 0.1) is 17.8 Å². The van der Waals surface area contributed by atoms with Crippen molar-refractivity contribution in [2.45, 2.75) is 90.8 Å². The third-order valence-corrected chi connectivity index (χ3v) is 9.57. The summed E-state index contributed by atoms with van der Waals surface area (Å²) in [6.07, 6.45) is 3.93. The summed E-state index contributed by atoms with van der Waals surface area (Å²) in [5.41, 5.74) is 0.946. The van der Waals surface area contributed by atoms with Crippen LogP contribution in [0.3, 0.4) is 0 Å². The standard InChI is InChI=1S/C37H51N5O5S/c1-24(2)20-30(34(45)37-39-16-19-48-37)40-36(47)31(21-25(3)4)41-35(46)28(22-27-12-7-11-26-10-5-6-13-29(26)27)23-32(43)38-15-9-18-42-17-8-14-33(42)44/h5-7,10-13,16,19,24-25,28,30-31,34,45H,8-9,14-15,17-18,20-23H2,1-4H3,(H,38,43)(H,40,47)(H,41,46)/t28-,30-,31+,34+/m1/s1. The van der Waals surface area contributed by atoms with E-state index in [0.717, 1.165) is 29.3 Å². The van der Waals surface area contributed by atoms with Gasteiger partial charge in [-0.3, -0.25) is 19.2 Å². The second-order valence-electron chi connectivity index (χ2n) is 13.7. The minimum atomic E-state index is -0.974. The SMILES string of the molecule is CC(C)C[C@H](NC(=O)[C@@H](CC(=O)NCCCN1CCCC1=O)Cc1cccc2ccccc12)C(=O)N[C@H](CC(C)C)[C@H](O)c1nccs1. The van der Waals surface area contributed by atoms with Crippen LogP contribution in [0.25, 0.3) is 10.8 Å². The lowest BCUT2D eigenvalue weighted by atomic mass is 9.91. The molecule has 4 amide bonds. The van der Waals surface area contributed by atoms with Crippen molar-refractivity contribution in [3.63, 3.8) is 0 Å². The smallest absolute Gasteiger partial charge is 0.242 e. The number of likely N-dealkylation sites (tertiary alicyclic amines) is 1. The lowest BCUT2D eigenvalue weighted by Crippen LogP contribution is -2.53. The molecule has 0 radical (unpaired) electrons. The van der Waals surface area contributed by atoms with Crippen molar-refractivity contribution in [2.75, 3.05) is 19.6 Å². The Balaban J connectivity index is 1.49. The molecule has 1 fully saturated rings. The normalized spacial score (nSPS) is 15.8. The Bertz CT molecular complexity index is 1510. The number of carbonyl (C=O) groups excluding carboxylic acids is 4. The average Bonchev–Trinajstić information content (AvgIpc) is 3.73. The van der Waals surface area contributed by atoms with Gasteiger partial charge in [0.2, 0.25) is 23.6 Å². The Hall–Kier alpha value is -3.83. The molecule has 0 unspecified atom stereocenters. The first-order valence-corrected chi connectivity index (χ1v) is 18.1. The van der Waals surface area contributed by atoms with Gasteiger partial charge >= 0.3 is 0 Å². The Morgan fingerprint density at radius 1 is 0.979 bits per heavy atom. The highest BCUT2D eigenvalue weighted by atomic mass is 32.1. The molecule has 1 saturated heterocycles. The van der Waals surface area contributed by atoms with Crippen LogP contribution in [0.1, 0.15) is 82.9 Å². The summed E-state index contributed by atoms with van der Waals surface area (Å²) >= 11 is 1.33. The number of fused-ring (bicyclic) bond motifs is 1. The number of hydrogen-bond donors (Lipinski definition) is 4. The van der Waals surface area contributed by atoms with E-state index in [4.69, 9.17) is 0 Å². The Labute approximate surface area is 288 Å². The molecule has 48 heavy (non-hydrogen) atoms. The van der Waals surface area contributed by atoms with Crippen LogP contribution in [-0.2, 0) is 25.6 Å². The number of thiazole rings is 1. The molecule has 0 aliphatic carbocycles. The fraction of sp³-hybridized carbons (Fsp3) is 0.541. The fourth-order valence-corrected chi connectivity index (χ4v) is 7.02. The molecule has 10 nitrogen and oxygen atoms in total. The maximum absolute atomic E-state index is 14.1. The van der Waals surface area contributed by atoms with Crippen LogP contribution < -0.4 is 16.0 Å². The van der Waals surface area contributed by atoms with Crippen molar-refractivity contribution in [2.24, 2.45) is 17.8 Å². The number of benzene rings is 2. The number of carbonyl (C=O) groups is 4. The van der Waals surface area contributed by atoms with E-state index in [0.29, 0.717) is 50.2 Å². The first-order valence-electron chi connectivity index (χ1n) is 17.2.